The first kappa shape index (κ1) is 13.3. The summed E-state index contributed by atoms with van der Waals surface area (Å²) in [5.41, 5.74) is -4.90. The van der Waals surface area contributed by atoms with Gasteiger partial charge in [-0.05, 0) is 13.0 Å². The highest BCUT2D eigenvalue weighted by molar-refractivity contribution is 5.88. The first-order valence-electron chi connectivity index (χ1n) is 4.24. The first-order chi connectivity index (χ1) is 7.64. The first-order valence-corrected chi connectivity index (χ1v) is 4.24. The van der Waals surface area contributed by atoms with Crippen LogP contribution in [0.4, 0.5) is 22.0 Å². The lowest BCUT2D eigenvalue weighted by atomic mass is 10.0. The minimum Gasteiger partial charge on any atom is -0.476 e. The summed E-state index contributed by atoms with van der Waals surface area (Å²) in [4.78, 5) is 13.7. The fourth-order valence-corrected chi connectivity index (χ4v) is 1.32. The molecule has 0 unspecified atom stereocenters. The number of carboxylic acid groups (broad SMARTS) is 1. The van der Waals surface area contributed by atoms with Crippen molar-refractivity contribution in [3.05, 3.63) is 28.6 Å². The Labute approximate surface area is 91.9 Å². The van der Waals surface area contributed by atoms with Crippen LogP contribution >= 0.6 is 0 Å². The van der Waals surface area contributed by atoms with E-state index in [2.05, 4.69) is 4.98 Å². The molecule has 1 rings (SSSR count). The quantitative estimate of drug-likeness (QED) is 0.826. The number of hydrogen-bond acceptors (Lipinski definition) is 2. The summed E-state index contributed by atoms with van der Waals surface area (Å²) in [7, 11) is 0. The van der Waals surface area contributed by atoms with Crippen molar-refractivity contribution < 1.29 is 31.9 Å². The molecule has 0 saturated heterocycles. The van der Waals surface area contributed by atoms with E-state index in [1.165, 1.54) is 0 Å². The summed E-state index contributed by atoms with van der Waals surface area (Å²) in [5.74, 6) is -2.00. The normalized spacial score (nSPS) is 11.9. The van der Waals surface area contributed by atoms with Crippen LogP contribution in [0, 0.1) is 6.92 Å². The van der Waals surface area contributed by atoms with E-state index in [1.807, 2.05) is 0 Å². The highest BCUT2D eigenvalue weighted by atomic mass is 19.4. The molecule has 0 aliphatic heterocycles. The Balaban J connectivity index is 3.66. The molecule has 8 heteroatoms. The van der Waals surface area contributed by atoms with Crippen LogP contribution in [0.25, 0.3) is 0 Å². The molecule has 1 aromatic heterocycles. The number of aromatic carboxylic acids is 1. The Bertz CT molecular complexity index is 455. The van der Waals surface area contributed by atoms with Gasteiger partial charge >= 0.3 is 12.1 Å². The number of aryl methyl sites for hydroxylation is 1. The van der Waals surface area contributed by atoms with Crippen LogP contribution in [-0.2, 0) is 6.18 Å². The number of rotatable bonds is 2. The lowest BCUT2D eigenvalue weighted by molar-refractivity contribution is -0.140. The van der Waals surface area contributed by atoms with Crippen molar-refractivity contribution in [2.75, 3.05) is 0 Å². The molecule has 0 fully saturated rings. The van der Waals surface area contributed by atoms with Crippen LogP contribution in [0.1, 0.15) is 33.7 Å². The van der Waals surface area contributed by atoms with Crippen molar-refractivity contribution >= 4 is 5.97 Å². The van der Waals surface area contributed by atoms with E-state index in [0.29, 0.717) is 6.07 Å². The maximum absolute atomic E-state index is 12.5. The highest BCUT2D eigenvalue weighted by Crippen LogP contribution is 2.38. The second-order valence-corrected chi connectivity index (χ2v) is 3.18. The van der Waals surface area contributed by atoms with Crippen LogP contribution in [0.3, 0.4) is 0 Å². The molecule has 0 aliphatic rings. The van der Waals surface area contributed by atoms with Crippen molar-refractivity contribution in [2.24, 2.45) is 0 Å². The van der Waals surface area contributed by atoms with Crippen molar-refractivity contribution in [2.45, 2.75) is 19.5 Å². The van der Waals surface area contributed by atoms with Gasteiger partial charge in [0.25, 0.3) is 6.43 Å². The average Bonchev–Trinajstić information content (AvgIpc) is 2.14. The van der Waals surface area contributed by atoms with Gasteiger partial charge in [-0.2, -0.15) is 13.2 Å². The smallest absolute Gasteiger partial charge is 0.419 e. The second kappa shape index (κ2) is 4.27. The molecule has 0 aliphatic carbocycles. The Morgan fingerprint density at radius 2 is 1.94 bits per heavy atom. The number of nitrogens with zero attached hydrogens (tertiary/aromatic N) is 1. The number of aromatic nitrogens is 1. The van der Waals surface area contributed by atoms with Gasteiger partial charge < -0.3 is 5.11 Å². The van der Waals surface area contributed by atoms with Gasteiger partial charge in [-0.1, -0.05) is 0 Å². The molecule has 0 amide bonds. The molecule has 1 heterocycles. The van der Waals surface area contributed by atoms with Gasteiger partial charge in [0, 0.05) is 11.3 Å². The zero-order valence-electron chi connectivity index (χ0n) is 8.35. The van der Waals surface area contributed by atoms with Gasteiger partial charge in [0.05, 0.1) is 5.56 Å². The third-order valence-electron chi connectivity index (χ3n) is 1.90. The summed E-state index contributed by atoms with van der Waals surface area (Å²) >= 11 is 0. The number of hydrogen-bond donors (Lipinski definition) is 1. The van der Waals surface area contributed by atoms with E-state index in [-0.39, 0.29) is 5.69 Å². The molecule has 0 atom stereocenters. The highest BCUT2D eigenvalue weighted by Gasteiger charge is 2.41. The van der Waals surface area contributed by atoms with Crippen LogP contribution in [0.5, 0.6) is 0 Å². The van der Waals surface area contributed by atoms with Gasteiger partial charge in [-0.3, -0.25) is 0 Å². The lowest BCUT2D eigenvalue weighted by Gasteiger charge is -2.15. The van der Waals surface area contributed by atoms with Crippen LogP contribution in [-0.4, -0.2) is 16.1 Å². The van der Waals surface area contributed by atoms with Gasteiger partial charge in [-0.25, -0.2) is 18.6 Å². The van der Waals surface area contributed by atoms with E-state index < -0.39 is 35.4 Å². The molecule has 1 aromatic rings. The molecule has 0 aromatic carbocycles. The van der Waals surface area contributed by atoms with Crippen LogP contribution in [0.15, 0.2) is 6.07 Å². The molecular weight excluding hydrogens is 249 g/mol. The lowest BCUT2D eigenvalue weighted by Crippen LogP contribution is -2.19. The minimum atomic E-state index is -5.19. The molecule has 0 bridgehead atoms. The zero-order valence-corrected chi connectivity index (χ0v) is 8.35. The summed E-state index contributed by atoms with van der Waals surface area (Å²) in [6, 6.07) is 0.528. The third kappa shape index (κ3) is 2.69. The molecule has 0 radical (unpaired) electrons. The SMILES string of the molecule is Cc1cc(C(F)F)c(C(F)(F)F)c(C(=O)O)n1. The van der Waals surface area contributed by atoms with Crippen molar-refractivity contribution in [3.8, 4) is 0 Å². The number of alkyl halides is 5. The largest absolute Gasteiger partial charge is 0.476 e. The average molecular weight is 255 g/mol. The molecule has 1 N–H and O–H groups in total. The predicted octanol–water partition coefficient (Wildman–Crippen LogP) is 3.04. The summed E-state index contributed by atoms with van der Waals surface area (Å²) in [6.07, 6.45) is -8.62. The van der Waals surface area contributed by atoms with E-state index in [4.69, 9.17) is 5.11 Å². The van der Waals surface area contributed by atoms with Crippen molar-refractivity contribution in [3.63, 3.8) is 0 Å². The maximum atomic E-state index is 12.5. The van der Waals surface area contributed by atoms with Crippen LogP contribution in [0.2, 0.25) is 0 Å². The van der Waals surface area contributed by atoms with E-state index in [1.54, 1.807) is 0 Å². The minimum absolute atomic E-state index is 0.217. The van der Waals surface area contributed by atoms with Crippen molar-refractivity contribution in [1.82, 2.24) is 4.98 Å². The number of carboxylic acids is 1. The summed E-state index contributed by atoms with van der Waals surface area (Å²) in [5, 5.41) is 8.55. The molecule has 0 spiro atoms. The molecule has 0 saturated carbocycles. The Hall–Kier alpha value is -1.73. The number of halogens is 5. The third-order valence-corrected chi connectivity index (χ3v) is 1.90. The van der Waals surface area contributed by atoms with E-state index in [0.717, 1.165) is 6.92 Å². The maximum Gasteiger partial charge on any atom is 0.419 e. The van der Waals surface area contributed by atoms with Crippen LogP contribution < -0.4 is 0 Å². The Kier molecular flexibility index (Phi) is 3.35. The van der Waals surface area contributed by atoms with E-state index in [9.17, 15) is 26.7 Å². The van der Waals surface area contributed by atoms with E-state index >= 15 is 0 Å². The summed E-state index contributed by atoms with van der Waals surface area (Å²) in [6.45, 7) is 1.14. The Morgan fingerprint density at radius 3 is 2.29 bits per heavy atom. The summed E-state index contributed by atoms with van der Waals surface area (Å²) < 4.78 is 62.5. The standard InChI is InChI=1S/C9H6F5NO2/c1-3-2-4(7(10)11)5(9(12,13)14)6(15-3)8(16)17/h2,7H,1H3,(H,16,17). The van der Waals surface area contributed by atoms with Gasteiger partial charge in [0.15, 0.2) is 5.69 Å². The number of pyridine rings is 1. The molecule has 94 valence electrons. The Morgan fingerprint density at radius 1 is 1.41 bits per heavy atom. The van der Waals surface area contributed by atoms with Gasteiger partial charge in [0.1, 0.15) is 0 Å². The second-order valence-electron chi connectivity index (χ2n) is 3.18. The molecule has 3 nitrogen and oxygen atoms in total. The number of carbonyl (C=O) groups is 1. The van der Waals surface area contributed by atoms with Crippen molar-refractivity contribution in [1.29, 1.82) is 0 Å². The van der Waals surface area contributed by atoms with Gasteiger partial charge in [0.2, 0.25) is 0 Å². The fourth-order valence-electron chi connectivity index (χ4n) is 1.32. The molecule has 17 heavy (non-hydrogen) atoms. The fraction of sp³-hybridized carbons (Fsp3) is 0.333. The molecular formula is C9H6F5NO2. The monoisotopic (exact) mass is 255 g/mol. The van der Waals surface area contributed by atoms with Gasteiger partial charge in [-0.15, -0.1) is 0 Å². The predicted molar refractivity (Wildman–Crippen MR) is 45.9 cm³/mol. The zero-order chi connectivity index (χ0) is 13.4. The topological polar surface area (TPSA) is 50.2 Å².